The van der Waals surface area contributed by atoms with Gasteiger partial charge in [-0.15, -0.1) is 0 Å². The van der Waals surface area contributed by atoms with Gasteiger partial charge in [-0.1, -0.05) is 23.7 Å². The zero-order valence-corrected chi connectivity index (χ0v) is 14.1. The van der Waals surface area contributed by atoms with Crippen LogP contribution < -0.4 is 10.1 Å². The van der Waals surface area contributed by atoms with E-state index in [-0.39, 0.29) is 5.91 Å². The number of ether oxygens (including phenoxy) is 1. The van der Waals surface area contributed by atoms with E-state index in [1.54, 1.807) is 36.6 Å². The van der Waals surface area contributed by atoms with Crippen LogP contribution in [0.15, 0.2) is 77.4 Å². The Morgan fingerprint density at radius 3 is 2.52 bits per heavy atom. The minimum Gasteiger partial charge on any atom is -0.489 e. The van der Waals surface area contributed by atoms with Crippen LogP contribution in [-0.4, -0.2) is 5.91 Å². The lowest BCUT2D eigenvalue weighted by Gasteiger charge is -2.08. The van der Waals surface area contributed by atoms with Crippen LogP contribution in [0.2, 0.25) is 5.02 Å². The summed E-state index contributed by atoms with van der Waals surface area (Å²) in [6, 6.07) is 18.2. The summed E-state index contributed by atoms with van der Waals surface area (Å²) in [5.74, 6) is 1.12. The third-order valence-electron chi connectivity index (χ3n) is 3.38. The van der Waals surface area contributed by atoms with Crippen LogP contribution in [0, 0.1) is 0 Å². The molecule has 0 saturated carbocycles. The Morgan fingerprint density at radius 2 is 1.84 bits per heavy atom. The van der Waals surface area contributed by atoms with Crippen LogP contribution in [0.5, 0.6) is 5.75 Å². The molecule has 3 aromatic rings. The molecule has 1 aromatic heterocycles. The predicted molar refractivity (Wildman–Crippen MR) is 98.6 cm³/mol. The maximum Gasteiger partial charge on any atom is 0.248 e. The van der Waals surface area contributed by atoms with Crippen molar-refractivity contribution in [1.82, 2.24) is 0 Å². The van der Waals surface area contributed by atoms with Crippen molar-refractivity contribution in [2.75, 3.05) is 5.32 Å². The second-order valence-electron chi connectivity index (χ2n) is 5.28. The lowest BCUT2D eigenvalue weighted by Crippen LogP contribution is -2.07. The van der Waals surface area contributed by atoms with Crippen molar-refractivity contribution < 1.29 is 13.9 Å². The molecule has 0 saturated heterocycles. The molecule has 5 heteroatoms. The molecule has 4 nitrogen and oxygen atoms in total. The maximum absolute atomic E-state index is 11.8. The quantitative estimate of drug-likeness (QED) is 0.622. The average molecular weight is 354 g/mol. The number of amides is 1. The van der Waals surface area contributed by atoms with E-state index >= 15 is 0 Å². The summed E-state index contributed by atoms with van der Waals surface area (Å²) >= 11 is 5.85. The van der Waals surface area contributed by atoms with Crippen molar-refractivity contribution in [1.29, 1.82) is 0 Å². The molecule has 0 aliphatic heterocycles. The van der Waals surface area contributed by atoms with Crippen LogP contribution in [-0.2, 0) is 11.4 Å². The Bertz CT molecular complexity index is 838. The monoisotopic (exact) mass is 353 g/mol. The normalized spacial score (nSPS) is 10.8. The van der Waals surface area contributed by atoms with Crippen LogP contribution in [0.4, 0.5) is 5.69 Å². The molecule has 1 N–H and O–H groups in total. The van der Waals surface area contributed by atoms with E-state index in [1.807, 2.05) is 36.4 Å². The molecule has 3 rings (SSSR count). The molecule has 1 heterocycles. The number of furan rings is 1. The molecule has 0 fully saturated rings. The number of carbonyl (C=O) groups is 1. The van der Waals surface area contributed by atoms with Gasteiger partial charge in [-0.3, -0.25) is 4.79 Å². The largest absolute Gasteiger partial charge is 0.489 e. The summed E-state index contributed by atoms with van der Waals surface area (Å²) in [5.41, 5.74) is 1.72. The van der Waals surface area contributed by atoms with E-state index in [0.29, 0.717) is 23.1 Å². The van der Waals surface area contributed by atoms with E-state index < -0.39 is 0 Å². The van der Waals surface area contributed by atoms with Crippen molar-refractivity contribution in [3.63, 3.8) is 0 Å². The van der Waals surface area contributed by atoms with Gasteiger partial charge < -0.3 is 14.5 Å². The Kier molecular flexibility index (Phi) is 5.54. The molecule has 0 aliphatic rings. The fourth-order valence-corrected chi connectivity index (χ4v) is 2.24. The smallest absolute Gasteiger partial charge is 0.248 e. The summed E-state index contributed by atoms with van der Waals surface area (Å²) in [6.07, 6.45) is 4.59. The molecule has 1 amide bonds. The van der Waals surface area contributed by atoms with Crippen LogP contribution in [0.25, 0.3) is 6.08 Å². The van der Waals surface area contributed by atoms with Crippen LogP contribution in [0.3, 0.4) is 0 Å². The van der Waals surface area contributed by atoms with Gasteiger partial charge >= 0.3 is 0 Å². The Labute approximate surface area is 150 Å². The zero-order chi connectivity index (χ0) is 17.5. The number of rotatable bonds is 6. The highest BCUT2D eigenvalue weighted by atomic mass is 35.5. The van der Waals surface area contributed by atoms with Gasteiger partial charge in [0.05, 0.1) is 6.26 Å². The van der Waals surface area contributed by atoms with Gasteiger partial charge in [-0.05, 0) is 60.2 Å². The first-order chi connectivity index (χ1) is 12.2. The summed E-state index contributed by atoms with van der Waals surface area (Å²) < 4.78 is 10.8. The summed E-state index contributed by atoms with van der Waals surface area (Å²) in [6.45, 7) is 0.453. The Morgan fingerprint density at radius 1 is 1.08 bits per heavy atom. The number of carbonyl (C=O) groups excluding carboxylic acids is 1. The Hall–Kier alpha value is -2.98. The van der Waals surface area contributed by atoms with Gasteiger partial charge in [0.1, 0.15) is 18.1 Å². The molecule has 0 unspecified atom stereocenters. The van der Waals surface area contributed by atoms with E-state index in [9.17, 15) is 4.79 Å². The molecule has 25 heavy (non-hydrogen) atoms. The molecular formula is C20H16ClNO3. The first-order valence-electron chi connectivity index (χ1n) is 7.69. The molecule has 0 bridgehead atoms. The first kappa shape index (κ1) is 16.9. The van der Waals surface area contributed by atoms with Crippen LogP contribution >= 0.6 is 11.6 Å². The highest BCUT2D eigenvalue weighted by Gasteiger charge is 2.00. The molecule has 2 aromatic carbocycles. The van der Waals surface area contributed by atoms with Gasteiger partial charge in [0.15, 0.2) is 0 Å². The topological polar surface area (TPSA) is 51.5 Å². The second-order valence-corrected chi connectivity index (χ2v) is 5.71. The fourth-order valence-electron chi connectivity index (χ4n) is 2.11. The molecule has 0 atom stereocenters. The van der Waals surface area contributed by atoms with Gasteiger partial charge in [-0.25, -0.2) is 0 Å². The predicted octanol–water partition coefficient (Wildman–Crippen LogP) is 5.16. The van der Waals surface area contributed by atoms with Crippen molar-refractivity contribution in [2.24, 2.45) is 0 Å². The summed E-state index contributed by atoms with van der Waals surface area (Å²) in [4.78, 5) is 11.8. The number of anilines is 1. The van der Waals surface area contributed by atoms with Gasteiger partial charge in [-0.2, -0.15) is 0 Å². The van der Waals surface area contributed by atoms with E-state index in [1.165, 1.54) is 6.08 Å². The minimum absolute atomic E-state index is 0.230. The van der Waals surface area contributed by atoms with E-state index in [2.05, 4.69) is 5.32 Å². The standard InChI is InChI=1S/C20H16ClNO3/c21-16-5-3-15(4-6-16)14-25-19-9-7-17(8-10-19)22-20(23)12-11-18-2-1-13-24-18/h1-13H,14H2,(H,22,23)/b12-11+. The molecular weight excluding hydrogens is 338 g/mol. The first-order valence-corrected chi connectivity index (χ1v) is 8.07. The number of hydrogen-bond acceptors (Lipinski definition) is 3. The fraction of sp³-hybridized carbons (Fsp3) is 0.0500. The maximum atomic E-state index is 11.8. The highest BCUT2D eigenvalue weighted by Crippen LogP contribution is 2.18. The summed E-state index contributed by atoms with van der Waals surface area (Å²) in [7, 11) is 0. The molecule has 0 aliphatic carbocycles. The lowest BCUT2D eigenvalue weighted by molar-refractivity contribution is -0.111. The summed E-state index contributed by atoms with van der Waals surface area (Å²) in [5, 5.41) is 3.47. The molecule has 0 spiro atoms. The Balaban J connectivity index is 1.51. The number of hydrogen-bond donors (Lipinski definition) is 1. The van der Waals surface area contributed by atoms with E-state index in [0.717, 1.165) is 11.3 Å². The van der Waals surface area contributed by atoms with Crippen molar-refractivity contribution in [2.45, 2.75) is 6.61 Å². The number of halogens is 1. The van der Waals surface area contributed by atoms with Gasteiger partial charge in [0.2, 0.25) is 5.91 Å². The number of benzene rings is 2. The molecule has 126 valence electrons. The minimum atomic E-state index is -0.230. The van der Waals surface area contributed by atoms with Crippen molar-refractivity contribution in [3.05, 3.63) is 89.3 Å². The highest BCUT2D eigenvalue weighted by molar-refractivity contribution is 6.30. The molecule has 0 radical (unpaired) electrons. The zero-order valence-electron chi connectivity index (χ0n) is 13.3. The van der Waals surface area contributed by atoms with Gasteiger partial charge in [0, 0.05) is 16.8 Å². The average Bonchev–Trinajstić information content (AvgIpc) is 3.14. The SMILES string of the molecule is O=C(/C=C/c1ccco1)Nc1ccc(OCc2ccc(Cl)cc2)cc1. The lowest BCUT2D eigenvalue weighted by atomic mass is 10.2. The second kappa shape index (κ2) is 8.22. The third-order valence-corrected chi connectivity index (χ3v) is 3.63. The van der Waals surface area contributed by atoms with Gasteiger partial charge in [0.25, 0.3) is 0 Å². The van der Waals surface area contributed by atoms with E-state index in [4.69, 9.17) is 20.8 Å². The third kappa shape index (κ3) is 5.26. The van der Waals surface area contributed by atoms with Crippen molar-refractivity contribution >= 4 is 29.3 Å². The van der Waals surface area contributed by atoms with Crippen LogP contribution in [0.1, 0.15) is 11.3 Å². The number of nitrogens with one attached hydrogen (secondary N) is 1. The van der Waals surface area contributed by atoms with Crippen molar-refractivity contribution in [3.8, 4) is 5.75 Å².